The van der Waals surface area contributed by atoms with E-state index in [1.165, 1.54) is 12.8 Å². The quantitative estimate of drug-likeness (QED) is 0.326. The lowest BCUT2D eigenvalue weighted by atomic mass is 10.1. The highest BCUT2D eigenvalue weighted by atomic mass is 16.5. The minimum Gasteiger partial charge on any atom is -0.492 e. The number of ether oxygens (including phenoxy) is 2. The largest absolute Gasteiger partial charge is 0.492 e. The molecule has 2 aromatic heterocycles. The van der Waals surface area contributed by atoms with Crippen LogP contribution >= 0.6 is 0 Å². The van der Waals surface area contributed by atoms with Gasteiger partial charge in [-0.05, 0) is 76.9 Å². The molecule has 32 heavy (non-hydrogen) atoms. The van der Waals surface area contributed by atoms with Gasteiger partial charge in [-0.2, -0.15) is 0 Å². The first-order valence-electron chi connectivity index (χ1n) is 11.3. The summed E-state index contributed by atoms with van der Waals surface area (Å²) < 4.78 is 18.0. The SMILES string of the molecule is Cc1cc2ccc(Oc3ccnc4cc(OCCN(C5CC5)C(C)(C)C)ccc34)cc2o1. The zero-order chi connectivity index (χ0) is 22.3. The average molecular weight is 431 g/mol. The molecule has 0 radical (unpaired) electrons. The first-order valence-corrected chi connectivity index (χ1v) is 11.3. The summed E-state index contributed by atoms with van der Waals surface area (Å²) in [6.45, 7) is 10.4. The molecule has 0 aliphatic heterocycles. The fourth-order valence-electron chi connectivity index (χ4n) is 4.33. The zero-order valence-electron chi connectivity index (χ0n) is 19.2. The van der Waals surface area contributed by atoms with Gasteiger partial charge in [-0.25, -0.2) is 0 Å². The minimum atomic E-state index is 0.166. The number of rotatable bonds is 7. The fraction of sp³-hybridized carbons (Fsp3) is 0.370. The maximum absolute atomic E-state index is 6.18. The highest BCUT2D eigenvalue weighted by Crippen LogP contribution is 2.34. The smallest absolute Gasteiger partial charge is 0.138 e. The molecular formula is C27H30N2O3. The summed E-state index contributed by atoms with van der Waals surface area (Å²) in [4.78, 5) is 7.08. The van der Waals surface area contributed by atoms with Gasteiger partial charge in [-0.15, -0.1) is 0 Å². The Labute approximate surface area is 188 Å². The number of aryl methyl sites for hydroxylation is 1. The first kappa shape index (κ1) is 20.8. The van der Waals surface area contributed by atoms with Crippen molar-refractivity contribution in [2.24, 2.45) is 0 Å². The summed E-state index contributed by atoms with van der Waals surface area (Å²) in [5.74, 6) is 3.22. The Kier molecular flexibility index (Phi) is 5.30. The predicted molar refractivity (Wildman–Crippen MR) is 128 cm³/mol. The molecule has 0 saturated heterocycles. The fourth-order valence-corrected chi connectivity index (χ4v) is 4.33. The number of hydrogen-bond donors (Lipinski definition) is 0. The molecule has 0 unspecified atom stereocenters. The van der Waals surface area contributed by atoms with Crippen molar-refractivity contribution in [1.29, 1.82) is 0 Å². The van der Waals surface area contributed by atoms with Crippen LogP contribution in [0, 0.1) is 6.92 Å². The van der Waals surface area contributed by atoms with Crippen LogP contribution < -0.4 is 9.47 Å². The molecule has 1 aliphatic rings. The van der Waals surface area contributed by atoms with Gasteiger partial charge < -0.3 is 13.9 Å². The predicted octanol–water partition coefficient (Wildman–Crippen LogP) is 6.72. The lowest BCUT2D eigenvalue weighted by Crippen LogP contribution is -2.45. The van der Waals surface area contributed by atoms with Gasteiger partial charge in [0.25, 0.3) is 0 Å². The van der Waals surface area contributed by atoms with Crippen LogP contribution in [0.4, 0.5) is 0 Å². The van der Waals surface area contributed by atoms with Crippen LogP contribution in [0.15, 0.2) is 59.1 Å². The van der Waals surface area contributed by atoms with Crippen LogP contribution in [0.5, 0.6) is 17.2 Å². The van der Waals surface area contributed by atoms with Crippen LogP contribution in [0.2, 0.25) is 0 Å². The summed E-state index contributed by atoms with van der Waals surface area (Å²) in [5.41, 5.74) is 1.84. The molecule has 2 heterocycles. The number of furan rings is 1. The van der Waals surface area contributed by atoms with Gasteiger partial charge in [0.05, 0.1) is 5.52 Å². The van der Waals surface area contributed by atoms with Crippen LogP contribution in [-0.4, -0.2) is 34.6 Å². The molecule has 0 spiro atoms. The second-order valence-electron chi connectivity index (χ2n) is 9.59. The summed E-state index contributed by atoms with van der Waals surface area (Å²) in [7, 11) is 0. The van der Waals surface area contributed by atoms with Gasteiger partial charge in [0.15, 0.2) is 0 Å². The summed E-state index contributed by atoms with van der Waals surface area (Å²) in [5, 5.41) is 2.02. The van der Waals surface area contributed by atoms with Crippen LogP contribution in [-0.2, 0) is 0 Å². The normalized spacial score (nSPS) is 14.4. The van der Waals surface area contributed by atoms with E-state index in [1.54, 1.807) is 6.20 Å². The van der Waals surface area contributed by atoms with E-state index in [9.17, 15) is 0 Å². The van der Waals surface area contributed by atoms with Gasteiger partial charge in [0, 0.05) is 47.2 Å². The van der Waals surface area contributed by atoms with Crippen LogP contribution in [0.3, 0.4) is 0 Å². The number of pyridine rings is 1. The second-order valence-corrected chi connectivity index (χ2v) is 9.59. The molecule has 0 atom stereocenters. The number of hydrogen-bond acceptors (Lipinski definition) is 5. The monoisotopic (exact) mass is 430 g/mol. The van der Waals surface area contributed by atoms with Crippen LogP contribution in [0.25, 0.3) is 21.9 Å². The Morgan fingerprint density at radius 2 is 1.84 bits per heavy atom. The molecule has 0 bridgehead atoms. The molecule has 2 aromatic carbocycles. The maximum atomic E-state index is 6.18. The van der Waals surface area contributed by atoms with E-state index in [0.29, 0.717) is 12.6 Å². The van der Waals surface area contributed by atoms with Gasteiger partial charge in [-0.3, -0.25) is 9.88 Å². The van der Waals surface area contributed by atoms with E-state index in [1.807, 2.05) is 55.5 Å². The molecule has 1 aliphatic carbocycles. The van der Waals surface area contributed by atoms with Crippen molar-refractivity contribution in [3.05, 3.63) is 60.5 Å². The summed E-state index contributed by atoms with van der Waals surface area (Å²) in [6.07, 6.45) is 4.37. The molecule has 0 N–H and O–H groups in total. The Morgan fingerprint density at radius 3 is 2.62 bits per heavy atom. The summed E-state index contributed by atoms with van der Waals surface area (Å²) in [6, 6.07) is 16.5. The van der Waals surface area contributed by atoms with Crippen molar-refractivity contribution in [2.45, 2.75) is 52.1 Å². The zero-order valence-corrected chi connectivity index (χ0v) is 19.2. The maximum Gasteiger partial charge on any atom is 0.138 e. The van der Waals surface area contributed by atoms with Crippen molar-refractivity contribution < 1.29 is 13.9 Å². The third-order valence-electron chi connectivity index (χ3n) is 5.97. The van der Waals surface area contributed by atoms with Crippen molar-refractivity contribution in [2.75, 3.05) is 13.2 Å². The van der Waals surface area contributed by atoms with Crippen molar-refractivity contribution in [3.8, 4) is 17.2 Å². The van der Waals surface area contributed by atoms with E-state index in [4.69, 9.17) is 13.9 Å². The van der Waals surface area contributed by atoms with Gasteiger partial charge >= 0.3 is 0 Å². The van der Waals surface area contributed by atoms with Gasteiger partial charge in [0.2, 0.25) is 0 Å². The molecule has 5 rings (SSSR count). The highest BCUT2D eigenvalue weighted by molar-refractivity contribution is 5.86. The highest BCUT2D eigenvalue weighted by Gasteiger charge is 2.35. The van der Waals surface area contributed by atoms with E-state index in [2.05, 4.69) is 30.7 Å². The van der Waals surface area contributed by atoms with E-state index in [0.717, 1.165) is 51.4 Å². The molecule has 0 amide bonds. The molecular weight excluding hydrogens is 400 g/mol. The van der Waals surface area contributed by atoms with Gasteiger partial charge in [0.1, 0.15) is 35.2 Å². The number of fused-ring (bicyclic) bond motifs is 2. The molecule has 166 valence electrons. The molecule has 1 saturated carbocycles. The van der Waals surface area contributed by atoms with Crippen molar-refractivity contribution in [3.63, 3.8) is 0 Å². The van der Waals surface area contributed by atoms with Crippen molar-refractivity contribution >= 4 is 21.9 Å². The third kappa shape index (κ3) is 4.44. The number of nitrogens with zero attached hydrogens (tertiary/aromatic N) is 2. The second kappa shape index (κ2) is 8.14. The molecule has 1 fully saturated rings. The Bertz CT molecular complexity index is 1250. The number of aromatic nitrogens is 1. The van der Waals surface area contributed by atoms with E-state index < -0.39 is 0 Å². The molecule has 4 aromatic rings. The minimum absolute atomic E-state index is 0.166. The summed E-state index contributed by atoms with van der Waals surface area (Å²) >= 11 is 0. The molecule has 5 nitrogen and oxygen atoms in total. The van der Waals surface area contributed by atoms with Crippen molar-refractivity contribution in [1.82, 2.24) is 9.88 Å². The Balaban J connectivity index is 1.30. The van der Waals surface area contributed by atoms with E-state index >= 15 is 0 Å². The van der Waals surface area contributed by atoms with Crippen LogP contribution in [0.1, 0.15) is 39.4 Å². The number of benzene rings is 2. The first-order chi connectivity index (χ1) is 15.4. The lowest BCUT2D eigenvalue weighted by Gasteiger charge is -2.35. The lowest BCUT2D eigenvalue weighted by molar-refractivity contribution is 0.104. The molecule has 5 heteroatoms. The topological polar surface area (TPSA) is 47.7 Å². The standard InChI is InChI=1S/C27H30N2O3/c1-18-15-19-5-8-22(17-26(19)31-18)32-25-11-12-28-24-16-21(9-10-23(24)25)30-14-13-29(20-6-7-20)27(2,3)4/h5,8-12,15-17,20H,6-7,13-14H2,1-4H3. The van der Waals surface area contributed by atoms with E-state index in [-0.39, 0.29) is 5.54 Å². The van der Waals surface area contributed by atoms with Gasteiger partial charge in [-0.1, -0.05) is 0 Å². The average Bonchev–Trinajstić information content (AvgIpc) is 3.50. The Hall–Kier alpha value is -3.05. The third-order valence-corrected chi connectivity index (χ3v) is 5.97. The Morgan fingerprint density at radius 1 is 1.03 bits per heavy atom.